The average molecular weight is 809 g/mol. The number of halogens is 8. The van der Waals surface area contributed by atoms with Crippen molar-refractivity contribution in [1.82, 2.24) is 31.2 Å². The molecule has 2 heterocycles. The number of amides is 2. The lowest BCUT2D eigenvalue weighted by molar-refractivity contribution is -0.193. The van der Waals surface area contributed by atoms with Crippen molar-refractivity contribution in [2.24, 2.45) is 0 Å². The largest absolute Gasteiger partial charge is 0.490 e. The molecule has 2 amide bonds. The number of H-pyrrole nitrogens is 2. The Morgan fingerprint density at radius 3 is 1.18 bits per heavy atom. The fourth-order valence-electron chi connectivity index (χ4n) is 4.56. The van der Waals surface area contributed by atoms with Gasteiger partial charge in [-0.1, -0.05) is 0 Å². The van der Waals surface area contributed by atoms with Gasteiger partial charge in [0, 0.05) is 47.3 Å². The first-order chi connectivity index (χ1) is 26.2. The van der Waals surface area contributed by atoms with Crippen molar-refractivity contribution < 1.29 is 74.1 Å². The topological polar surface area (TPSA) is 223 Å². The quantitative estimate of drug-likeness (QED) is 0.0328. The number of ketones is 2. The van der Waals surface area contributed by atoms with Crippen LogP contribution in [0.4, 0.5) is 35.1 Å². The van der Waals surface area contributed by atoms with Crippen molar-refractivity contribution in [2.75, 3.05) is 39.3 Å². The van der Waals surface area contributed by atoms with Crippen molar-refractivity contribution in [3.05, 3.63) is 71.6 Å². The van der Waals surface area contributed by atoms with Crippen molar-refractivity contribution in [3.63, 3.8) is 0 Å². The van der Waals surface area contributed by atoms with Crippen LogP contribution in [0.5, 0.6) is 0 Å². The number of unbranched alkanes of at least 4 members (excludes halogenated alkanes) is 1. The van der Waals surface area contributed by atoms with E-state index in [2.05, 4.69) is 31.2 Å². The molecule has 0 aliphatic carbocycles. The van der Waals surface area contributed by atoms with Gasteiger partial charge < -0.3 is 41.4 Å². The van der Waals surface area contributed by atoms with Gasteiger partial charge in [0.25, 0.3) is 23.4 Å². The van der Waals surface area contributed by atoms with E-state index >= 15 is 0 Å². The second-order valence-corrected chi connectivity index (χ2v) is 11.5. The molecule has 2 aromatic carbocycles. The van der Waals surface area contributed by atoms with Gasteiger partial charge in [0.05, 0.1) is 11.1 Å². The Labute approximate surface area is 311 Å². The van der Waals surface area contributed by atoms with Gasteiger partial charge in [-0.2, -0.15) is 26.3 Å². The zero-order valence-corrected chi connectivity index (χ0v) is 29.1. The third-order valence-electron chi connectivity index (χ3n) is 7.26. The van der Waals surface area contributed by atoms with Gasteiger partial charge in [0.1, 0.15) is 11.6 Å². The van der Waals surface area contributed by atoms with Crippen LogP contribution in [-0.4, -0.2) is 107 Å². The summed E-state index contributed by atoms with van der Waals surface area (Å²) in [5.74, 6) is -9.06. The number of hydrogen-bond acceptors (Lipinski definition) is 8. The van der Waals surface area contributed by atoms with Gasteiger partial charge in [0.15, 0.2) is 0 Å². The summed E-state index contributed by atoms with van der Waals surface area (Å²) in [6.07, 6.45) is -4.08. The minimum Gasteiger partial charge on any atom is -0.475 e. The number of alkyl halides is 6. The Morgan fingerprint density at radius 1 is 0.536 bits per heavy atom. The third-order valence-corrected chi connectivity index (χ3v) is 7.26. The second-order valence-electron chi connectivity index (χ2n) is 11.5. The highest BCUT2D eigenvalue weighted by atomic mass is 19.4. The number of carbonyl (C=O) groups is 6. The minimum atomic E-state index is -5.08. The molecule has 0 unspecified atom stereocenters. The van der Waals surface area contributed by atoms with Gasteiger partial charge in [-0.15, -0.1) is 0 Å². The van der Waals surface area contributed by atoms with Crippen LogP contribution < -0.4 is 21.3 Å². The molecule has 306 valence electrons. The molecule has 56 heavy (non-hydrogen) atoms. The first kappa shape index (κ1) is 46.3. The first-order valence-electron chi connectivity index (χ1n) is 16.4. The van der Waals surface area contributed by atoms with E-state index < -0.39 is 59.3 Å². The van der Waals surface area contributed by atoms with Crippen molar-refractivity contribution in [2.45, 2.75) is 38.0 Å². The maximum Gasteiger partial charge on any atom is 0.490 e. The van der Waals surface area contributed by atoms with E-state index in [0.29, 0.717) is 60.8 Å². The summed E-state index contributed by atoms with van der Waals surface area (Å²) in [5, 5.41) is 27.1. The van der Waals surface area contributed by atoms with Gasteiger partial charge >= 0.3 is 24.3 Å². The summed E-state index contributed by atoms with van der Waals surface area (Å²) in [6.45, 7) is 3.75. The maximum absolute atomic E-state index is 13.3. The predicted molar refractivity (Wildman–Crippen MR) is 183 cm³/mol. The van der Waals surface area contributed by atoms with E-state index in [1.165, 1.54) is 48.8 Å². The molecule has 2 aromatic heterocycles. The molecule has 8 N–H and O–H groups in total. The maximum atomic E-state index is 13.3. The molecule has 0 bridgehead atoms. The highest BCUT2D eigenvalue weighted by Gasteiger charge is 2.39. The molecule has 14 nitrogen and oxygen atoms in total. The zero-order valence-electron chi connectivity index (χ0n) is 29.1. The van der Waals surface area contributed by atoms with Gasteiger partial charge in [-0.05, 0) is 88.3 Å². The standard InChI is InChI=1S/C30H34F2N6O4.2C2HF3O2/c31-19-5-7-21-23(17-37-25(21)15-19)27(39)29(41)35-13-3-11-33-9-1-2-10-34-12-4-14-36-30(42)28(40)24-18-38-26-16-20(32)6-8-22(24)26;2*3-2(4,5)1(6)7/h5-8,15-18,33-34,37-38H,1-4,9-14H2,(H,35,41)(H,36,42);2*(H,6,7). The number of carbonyl (C=O) groups excluding carboxylic acids is 4. The fourth-order valence-corrected chi connectivity index (χ4v) is 4.56. The fraction of sp³-hybridized carbons (Fsp3) is 0.353. The second kappa shape index (κ2) is 21.9. The smallest absolute Gasteiger partial charge is 0.475 e. The number of aromatic amines is 2. The van der Waals surface area contributed by atoms with Crippen LogP contribution in [0.25, 0.3) is 21.8 Å². The van der Waals surface area contributed by atoms with Crippen LogP contribution in [0.2, 0.25) is 0 Å². The molecule has 4 aromatic rings. The molecule has 0 saturated heterocycles. The molecule has 4 rings (SSSR count). The molecular formula is C34H36F8N6O8. The van der Waals surface area contributed by atoms with Crippen molar-refractivity contribution >= 4 is 57.1 Å². The van der Waals surface area contributed by atoms with Crippen LogP contribution >= 0.6 is 0 Å². The molecular weight excluding hydrogens is 772 g/mol. The Kier molecular flexibility index (Phi) is 18.0. The molecule has 0 radical (unpaired) electrons. The number of hydrogen-bond donors (Lipinski definition) is 8. The van der Waals surface area contributed by atoms with E-state index in [0.717, 1.165) is 25.9 Å². The molecule has 0 atom stereocenters. The first-order valence-corrected chi connectivity index (χ1v) is 16.4. The van der Waals surface area contributed by atoms with Crippen LogP contribution in [0, 0.1) is 11.6 Å². The van der Waals surface area contributed by atoms with E-state index in [9.17, 15) is 54.3 Å². The van der Waals surface area contributed by atoms with E-state index in [1.54, 1.807) is 0 Å². The van der Waals surface area contributed by atoms with Gasteiger partial charge in [0.2, 0.25) is 0 Å². The zero-order chi connectivity index (χ0) is 42.1. The summed E-state index contributed by atoms with van der Waals surface area (Å²) in [4.78, 5) is 72.6. The monoisotopic (exact) mass is 808 g/mol. The predicted octanol–water partition coefficient (Wildman–Crippen LogP) is 4.23. The number of fused-ring (bicyclic) bond motifs is 2. The van der Waals surface area contributed by atoms with Crippen molar-refractivity contribution in [3.8, 4) is 0 Å². The SMILES string of the molecule is O=C(NCCCNCCCCNCCCNC(=O)C(=O)c1c[nH]c2cc(F)ccc12)C(=O)c1c[nH]c2cc(F)ccc12.O=C(O)C(F)(F)F.O=C(O)C(F)(F)F. The summed E-state index contributed by atoms with van der Waals surface area (Å²) in [7, 11) is 0. The number of nitrogens with one attached hydrogen (secondary N) is 6. The highest BCUT2D eigenvalue weighted by Crippen LogP contribution is 2.21. The van der Waals surface area contributed by atoms with Gasteiger partial charge in [-0.3, -0.25) is 19.2 Å². The van der Waals surface area contributed by atoms with Crippen molar-refractivity contribution in [1.29, 1.82) is 0 Å². The van der Waals surface area contributed by atoms with Crippen LogP contribution in [-0.2, 0) is 19.2 Å². The minimum absolute atomic E-state index is 0.218. The molecule has 0 aliphatic heterocycles. The lowest BCUT2D eigenvalue weighted by atomic mass is 10.1. The number of carboxylic acid groups (broad SMARTS) is 2. The number of aliphatic carboxylic acids is 2. The van der Waals surface area contributed by atoms with E-state index in [4.69, 9.17) is 19.8 Å². The van der Waals surface area contributed by atoms with Gasteiger partial charge in [-0.25, -0.2) is 18.4 Å². The number of aromatic nitrogens is 2. The number of rotatable bonds is 17. The third kappa shape index (κ3) is 15.5. The van der Waals surface area contributed by atoms with Crippen LogP contribution in [0.1, 0.15) is 46.4 Å². The average Bonchev–Trinajstić information content (AvgIpc) is 3.74. The Morgan fingerprint density at radius 2 is 0.857 bits per heavy atom. The van der Waals surface area contributed by atoms with Crippen LogP contribution in [0.15, 0.2) is 48.8 Å². The molecule has 0 spiro atoms. The molecule has 0 fully saturated rings. The highest BCUT2D eigenvalue weighted by molar-refractivity contribution is 6.45. The lowest BCUT2D eigenvalue weighted by Gasteiger charge is -2.08. The number of carboxylic acids is 2. The van der Waals surface area contributed by atoms with E-state index in [-0.39, 0.29) is 11.1 Å². The number of benzene rings is 2. The normalized spacial score (nSPS) is 11.2. The lowest BCUT2D eigenvalue weighted by Crippen LogP contribution is -2.33. The summed E-state index contributed by atoms with van der Waals surface area (Å²) < 4.78 is 90.1. The number of Topliss-reactive ketones (excluding diaryl/α,β-unsaturated/α-hetero) is 2. The Bertz CT molecular complexity index is 1840. The Balaban J connectivity index is 0.000000657. The molecule has 22 heteroatoms. The van der Waals surface area contributed by atoms with E-state index in [1.807, 2.05) is 0 Å². The summed E-state index contributed by atoms with van der Waals surface area (Å²) in [6, 6.07) is 8.01. The molecule has 0 aliphatic rings. The summed E-state index contributed by atoms with van der Waals surface area (Å²) in [5.41, 5.74) is 1.36. The summed E-state index contributed by atoms with van der Waals surface area (Å²) >= 11 is 0. The van der Waals surface area contributed by atoms with Crippen LogP contribution in [0.3, 0.4) is 0 Å². The Hall–Kier alpha value is -5.90. The molecule has 0 saturated carbocycles.